The first kappa shape index (κ1) is 21.3. The van der Waals surface area contributed by atoms with E-state index in [2.05, 4.69) is 20.1 Å². The van der Waals surface area contributed by atoms with Crippen LogP contribution in [0.4, 0.5) is 10.2 Å². The largest absolute Gasteiger partial charge is 0.382 e. The SMILES string of the molecule is CC.CS(=O)(=O)c1cnc(-c2nn(Cc3ccccc3F)c3ncccc23)nc1N. The van der Waals surface area contributed by atoms with E-state index in [4.69, 9.17) is 5.73 Å². The van der Waals surface area contributed by atoms with E-state index in [9.17, 15) is 12.8 Å². The van der Waals surface area contributed by atoms with Gasteiger partial charge in [0, 0.05) is 18.0 Å². The third kappa shape index (κ3) is 4.13. The topological polar surface area (TPSA) is 117 Å². The summed E-state index contributed by atoms with van der Waals surface area (Å²) in [5.41, 5.74) is 7.17. The van der Waals surface area contributed by atoms with Crippen molar-refractivity contribution in [1.29, 1.82) is 0 Å². The van der Waals surface area contributed by atoms with E-state index in [0.29, 0.717) is 22.3 Å². The summed E-state index contributed by atoms with van der Waals surface area (Å²) in [6, 6.07) is 9.92. The van der Waals surface area contributed by atoms with Crippen LogP contribution in [0.5, 0.6) is 0 Å². The first-order valence-electron chi connectivity index (χ1n) is 9.22. The smallest absolute Gasteiger partial charge is 0.182 e. The van der Waals surface area contributed by atoms with E-state index in [0.717, 1.165) is 12.5 Å². The van der Waals surface area contributed by atoms with Crippen LogP contribution < -0.4 is 5.73 Å². The molecule has 0 aliphatic carbocycles. The molecule has 0 saturated carbocycles. The summed E-state index contributed by atoms with van der Waals surface area (Å²) < 4.78 is 39.1. The van der Waals surface area contributed by atoms with Gasteiger partial charge in [-0.15, -0.1) is 0 Å². The second-order valence-corrected chi connectivity index (χ2v) is 8.17. The standard InChI is InChI=1S/C18H15FN6O2S.C2H6/c1-28(26,27)14-9-22-17(23-16(14)20)15-12-6-4-8-21-18(12)25(24-15)10-11-5-2-3-7-13(11)19;1-2/h2-9H,10H2,1H3,(H2,20,22,23);1-2H3. The molecule has 30 heavy (non-hydrogen) atoms. The van der Waals surface area contributed by atoms with Crippen LogP contribution in [0.3, 0.4) is 0 Å². The Labute approximate surface area is 173 Å². The van der Waals surface area contributed by atoms with Gasteiger partial charge in [-0.1, -0.05) is 32.0 Å². The van der Waals surface area contributed by atoms with Gasteiger partial charge in [-0.3, -0.25) is 0 Å². The summed E-state index contributed by atoms with van der Waals surface area (Å²) in [6.45, 7) is 4.16. The molecule has 0 saturated heterocycles. The predicted octanol–water partition coefficient (Wildman–Crippen LogP) is 3.09. The summed E-state index contributed by atoms with van der Waals surface area (Å²) in [4.78, 5) is 12.4. The van der Waals surface area contributed by atoms with Gasteiger partial charge < -0.3 is 5.73 Å². The average Bonchev–Trinajstić information content (AvgIpc) is 3.09. The first-order valence-corrected chi connectivity index (χ1v) is 11.1. The second-order valence-electron chi connectivity index (χ2n) is 6.19. The molecule has 0 radical (unpaired) electrons. The van der Waals surface area contributed by atoms with E-state index in [1.807, 2.05) is 13.8 Å². The van der Waals surface area contributed by atoms with Crippen molar-refractivity contribution in [2.24, 2.45) is 0 Å². The number of hydrogen-bond donors (Lipinski definition) is 1. The third-order valence-electron chi connectivity index (χ3n) is 4.18. The fourth-order valence-corrected chi connectivity index (χ4v) is 3.53. The lowest BCUT2D eigenvalue weighted by Gasteiger charge is -2.04. The number of nitrogen functional groups attached to an aromatic ring is 1. The molecule has 10 heteroatoms. The monoisotopic (exact) mass is 428 g/mol. The molecule has 0 atom stereocenters. The zero-order valence-corrected chi connectivity index (χ0v) is 17.6. The fourth-order valence-electron chi connectivity index (χ4n) is 2.86. The minimum Gasteiger partial charge on any atom is -0.382 e. The fraction of sp³-hybridized carbons (Fsp3) is 0.200. The Hall–Kier alpha value is -3.40. The van der Waals surface area contributed by atoms with Crippen LogP contribution in [0.25, 0.3) is 22.6 Å². The summed E-state index contributed by atoms with van der Waals surface area (Å²) >= 11 is 0. The van der Waals surface area contributed by atoms with Gasteiger partial charge in [0.15, 0.2) is 21.3 Å². The summed E-state index contributed by atoms with van der Waals surface area (Å²) in [7, 11) is -3.54. The van der Waals surface area contributed by atoms with Crippen LogP contribution in [0.2, 0.25) is 0 Å². The summed E-state index contributed by atoms with van der Waals surface area (Å²) in [5, 5.41) is 5.13. The Morgan fingerprint density at radius 3 is 2.50 bits per heavy atom. The highest BCUT2D eigenvalue weighted by molar-refractivity contribution is 7.90. The molecule has 0 unspecified atom stereocenters. The highest BCUT2D eigenvalue weighted by Crippen LogP contribution is 2.27. The van der Waals surface area contributed by atoms with Crippen molar-refractivity contribution >= 4 is 26.7 Å². The number of fused-ring (bicyclic) bond motifs is 1. The molecule has 8 nitrogen and oxygen atoms in total. The van der Waals surface area contributed by atoms with Crippen LogP contribution in [0.1, 0.15) is 19.4 Å². The van der Waals surface area contributed by atoms with Crippen molar-refractivity contribution < 1.29 is 12.8 Å². The Morgan fingerprint density at radius 1 is 1.10 bits per heavy atom. The number of nitrogens with zero attached hydrogens (tertiary/aromatic N) is 5. The van der Waals surface area contributed by atoms with Crippen LogP contribution >= 0.6 is 0 Å². The Morgan fingerprint density at radius 2 is 1.83 bits per heavy atom. The number of sulfone groups is 1. The third-order valence-corrected chi connectivity index (χ3v) is 5.29. The molecular formula is C20H21FN6O2S. The highest BCUT2D eigenvalue weighted by atomic mass is 32.2. The molecule has 2 N–H and O–H groups in total. The summed E-state index contributed by atoms with van der Waals surface area (Å²) in [6.07, 6.45) is 3.79. The van der Waals surface area contributed by atoms with E-state index in [1.54, 1.807) is 41.2 Å². The minimum atomic E-state index is -3.54. The molecule has 0 aliphatic rings. The minimum absolute atomic E-state index is 0.149. The van der Waals surface area contributed by atoms with Crippen LogP contribution in [0.15, 0.2) is 53.7 Å². The van der Waals surface area contributed by atoms with Crippen LogP contribution in [0, 0.1) is 5.82 Å². The lowest BCUT2D eigenvalue weighted by atomic mass is 10.2. The molecule has 0 bridgehead atoms. The van der Waals surface area contributed by atoms with Gasteiger partial charge in [-0.25, -0.2) is 32.4 Å². The zero-order chi connectivity index (χ0) is 21.9. The molecule has 0 amide bonds. The maximum absolute atomic E-state index is 14.1. The number of hydrogen-bond acceptors (Lipinski definition) is 7. The van der Waals surface area contributed by atoms with Gasteiger partial charge in [0.1, 0.15) is 22.2 Å². The molecule has 1 aromatic carbocycles. The predicted molar refractivity (Wildman–Crippen MR) is 113 cm³/mol. The number of benzene rings is 1. The quantitative estimate of drug-likeness (QED) is 0.531. The van der Waals surface area contributed by atoms with Gasteiger partial charge in [-0.2, -0.15) is 5.10 Å². The maximum Gasteiger partial charge on any atom is 0.182 e. The first-order chi connectivity index (χ1) is 14.3. The van der Waals surface area contributed by atoms with Crippen molar-refractivity contribution in [1.82, 2.24) is 24.7 Å². The molecule has 3 aromatic heterocycles. The normalized spacial score (nSPS) is 11.2. The molecule has 0 aliphatic heterocycles. The Kier molecular flexibility index (Phi) is 6.06. The maximum atomic E-state index is 14.1. The lowest BCUT2D eigenvalue weighted by molar-refractivity contribution is 0.589. The van der Waals surface area contributed by atoms with Gasteiger partial charge in [0.05, 0.1) is 18.1 Å². The van der Waals surface area contributed by atoms with Gasteiger partial charge in [0.2, 0.25) is 0 Å². The molecule has 0 fully saturated rings. The summed E-state index contributed by atoms with van der Waals surface area (Å²) in [5.74, 6) is -0.343. The van der Waals surface area contributed by atoms with Crippen molar-refractivity contribution in [2.45, 2.75) is 25.3 Å². The van der Waals surface area contributed by atoms with E-state index >= 15 is 0 Å². The molecular weight excluding hydrogens is 407 g/mol. The van der Waals surface area contributed by atoms with Crippen LogP contribution in [-0.2, 0) is 16.4 Å². The Balaban J connectivity index is 0.00000124. The highest BCUT2D eigenvalue weighted by Gasteiger charge is 2.20. The Bertz CT molecular complexity index is 1300. The molecule has 156 valence electrons. The average molecular weight is 428 g/mol. The van der Waals surface area contributed by atoms with E-state index in [-0.39, 0.29) is 28.9 Å². The lowest BCUT2D eigenvalue weighted by Crippen LogP contribution is -2.07. The second kappa shape index (κ2) is 8.54. The zero-order valence-electron chi connectivity index (χ0n) is 16.7. The molecule has 0 spiro atoms. The van der Waals surface area contributed by atoms with Crippen molar-refractivity contribution in [3.05, 3.63) is 60.2 Å². The van der Waals surface area contributed by atoms with Gasteiger partial charge in [-0.05, 0) is 18.2 Å². The molecule has 4 rings (SSSR count). The van der Waals surface area contributed by atoms with E-state index < -0.39 is 9.84 Å². The number of halogens is 1. The number of anilines is 1. The number of pyridine rings is 1. The molecule has 4 aromatic rings. The van der Waals surface area contributed by atoms with E-state index in [1.165, 1.54) is 6.07 Å². The van der Waals surface area contributed by atoms with Gasteiger partial charge in [0.25, 0.3) is 0 Å². The number of aromatic nitrogens is 5. The molecule has 3 heterocycles. The van der Waals surface area contributed by atoms with Crippen molar-refractivity contribution in [2.75, 3.05) is 12.0 Å². The van der Waals surface area contributed by atoms with Crippen molar-refractivity contribution in [3.8, 4) is 11.5 Å². The number of nitrogens with two attached hydrogens (primary N) is 1. The van der Waals surface area contributed by atoms with Crippen LogP contribution in [-0.4, -0.2) is 39.4 Å². The van der Waals surface area contributed by atoms with Gasteiger partial charge >= 0.3 is 0 Å². The number of rotatable bonds is 4. The van der Waals surface area contributed by atoms with Crippen molar-refractivity contribution in [3.63, 3.8) is 0 Å².